The molecule has 3 nitrogen and oxygen atoms in total. The standard InChI is InChI=1S/C17H20ClF3N2OS/c1-9(13-5-10-2-3-11(13)4-10)23-15(24)8-25-16-14(18)6-12(7-22-16)17(19,20)21/h6-7,9-11,13H,2-5,8H2,1H3,(H,23,24). The Balaban J connectivity index is 1.50. The molecule has 1 amide bonds. The van der Waals surface area contributed by atoms with Gasteiger partial charge in [0.15, 0.2) is 0 Å². The predicted octanol–water partition coefficient (Wildman–Crippen LogP) is 4.79. The van der Waals surface area contributed by atoms with E-state index < -0.39 is 11.7 Å². The average Bonchev–Trinajstić information content (AvgIpc) is 3.15. The lowest BCUT2D eigenvalue weighted by Gasteiger charge is -2.28. The summed E-state index contributed by atoms with van der Waals surface area (Å²) in [7, 11) is 0. The summed E-state index contributed by atoms with van der Waals surface area (Å²) in [4.78, 5) is 15.9. The molecule has 8 heteroatoms. The number of nitrogens with one attached hydrogen (secondary N) is 1. The van der Waals surface area contributed by atoms with Crippen LogP contribution in [0.4, 0.5) is 13.2 Å². The molecule has 1 aromatic heterocycles. The third kappa shape index (κ3) is 4.42. The Kier molecular flexibility index (Phi) is 5.54. The molecule has 1 aromatic rings. The van der Waals surface area contributed by atoms with Gasteiger partial charge in [0.2, 0.25) is 5.91 Å². The van der Waals surface area contributed by atoms with Gasteiger partial charge in [0.1, 0.15) is 5.03 Å². The quantitative estimate of drug-likeness (QED) is 0.733. The molecule has 1 N–H and O–H groups in total. The number of amides is 1. The van der Waals surface area contributed by atoms with E-state index in [9.17, 15) is 18.0 Å². The number of halogens is 4. The Labute approximate surface area is 154 Å². The van der Waals surface area contributed by atoms with Crippen molar-refractivity contribution in [3.8, 4) is 0 Å². The van der Waals surface area contributed by atoms with Gasteiger partial charge in [-0.05, 0) is 50.0 Å². The molecule has 4 atom stereocenters. The van der Waals surface area contributed by atoms with Gasteiger partial charge in [0, 0.05) is 12.2 Å². The molecule has 0 aromatic carbocycles. The molecule has 0 saturated heterocycles. The lowest BCUT2D eigenvalue weighted by atomic mass is 9.84. The summed E-state index contributed by atoms with van der Waals surface area (Å²) in [6, 6.07) is 0.964. The highest BCUT2D eigenvalue weighted by atomic mass is 35.5. The summed E-state index contributed by atoms with van der Waals surface area (Å²) in [5.41, 5.74) is -0.892. The first-order chi connectivity index (χ1) is 11.7. The average molecular weight is 393 g/mol. The summed E-state index contributed by atoms with van der Waals surface area (Å²) < 4.78 is 37.8. The normalized spacial score (nSPS) is 26.7. The molecule has 3 rings (SSSR count). The fourth-order valence-electron chi connectivity index (χ4n) is 4.13. The van der Waals surface area contributed by atoms with Gasteiger partial charge >= 0.3 is 6.18 Å². The third-order valence-electron chi connectivity index (χ3n) is 5.30. The molecule has 1 heterocycles. The second kappa shape index (κ2) is 7.35. The van der Waals surface area contributed by atoms with Gasteiger partial charge in [0.05, 0.1) is 16.3 Å². The minimum absolute atomic E-state index is 0.0865. The van der Waals surface area contributed by atoms with E-state index in [1.807, 2.05) is 6.92 Å². The molecule has 138 valence electrons. The maximum Gasteiger partial charge on any atom is 0.417 e. The highest BCUT2D eigenvalue weighted by Crippen LogP contribution is 2.49. The predicted molar refractivity (Wildman–Crippen MR) is 91.5 cm³/mol. The van der Waals surface area contributed by atoms with E-state index >= 15 is 0 Å². The molecule has 0 radical (unpaired) electrons. The number of nitrogens with zero attached hydrogens (tertiary/aromatic N) is 1. The summed E-state index contributed by atoms with van der Waals surface area (Å²) in [5.74, 6) is 2.03. The summed E-state index contributed by atoms with van der Waals surface area (Å²) in [5, 5.41) is 3.17. The van der Waals surface area contributed by atoms with Gasteiger partial charge in [-0.3, -0.25) is 4.79 Å². The first-order valence-corrected chi connectivity index (χ1v) is 9.75. The van der Waals surface area contributed by atoms with Crippen molar-refractivity contribution in [3.05, 3.63) is 22.8 Å². The van der Waals surface area contributed by atoms with Crippen LogP contribution in [0.2, 0.25) is 5.02 Å². The highest BCUT2D eigenvalue weighted by molar-refractivity contribution is 8.00. The molecular formula is C17H20ClF3N2OS. The van der Waals surface area contributed by atoms with Crippen molar-refractivity contribution in [3.63, 3.8) is 0 Å². The van der Waals surface area contributed by atoms with Gasteiger partial charge in [-0.2, -0.15) is 13.2 Å². The molecule has 0 aliphatic heterocycles. The van der Waals surface area contributed by atoms with Crippen molar-refractivity contribution in [2.75, 3.05) is 5.75 Å². The number of thioether (sulfide) groups is 1. The van der Waals surface area contributed by atoms with E-state index in [-0.39, 0.29) is 27.8 Å². The van der Waals surface area contributed by atoms with E-state index in [1.54, 1.807) is 0 Å². The Morgan fingerprint density at radius 1 is 1.44 bits per heavy atom. The van der Waals surface area contributed by atoms with Gasteiger partial charge < -0.3 is 5.32 Å². The molecule has 2 bridgehead atoms. The van der Waals surface area contributed by atoms with Crippen LogP contribution in [0, 0.1) is 17.8 Å². The van der Waals surface area contributed by atoms with Crippen LogP contribution in [-0.4, -0.2) is 22.7 Å². The number of fused-ring (bicyclic) bond motifs is 2. The minimum Gasteiger partial charge on any atom is -0.353 e. The van der Waals surface area contributed by atoms with E-state index in [1.165, 1.54) is 25.7 Å². The van der Waals surface area contributed by atoms with Crippen molar-refractivity contribution in [1.82, 2.24) is 10.3 Å². The maximum atomic E-state index is 12.6. The molecule has 0 spiro atoms. The van der Waals surface area contributed by atoms with Crippen molar-refractivity contribution < 1.29 is 18.0 Å². The smallest absolute Gasteiger partial charge is 0.353 e. The van der Waals surface area contributed by atoms with Gasteiger partial charge in [-0.25, -0.2) is 4.98 Å². The van der Waals surface area contributed by atoms with E-state index in [0.717, 1.165) is 35.9 Å². The lowest BCUT2D eigenvalue weighted by Crippen LogP contribution is -2.40. The summed E-state index contributed by atoms with van der Waals surface area (Å²) >= 11 is 6.91. The Hall–Kier alpha value is -0.950. The van der Waals surface area contributed by atoms with Crippen molar-refractivity contribution in [1.29, 1.82) is 0 Å². The summed E-state index contributed by atoms with van der Waals surface area (Å²) in [6.07, 6.45) is 1.30. The Morgan fingerprint density at radius 2 is 2.20 bits per heavy atom. The maximum absolute atomic E-state index is 12.6. The fourth-order valence-corrected chi connectivity index (χ4v) is 5.13. The zero-order valence-corrected chi connectivity index (χ0v) is 15.3. The van der Waals surface area contributed by atoms with Crippen LogP contribution in [0.1, 0.15) is 38.2 Å². The fraction of sp³-hybridized carbons (Fsp3) is 0.647. The van der Waals surface area contributed by atoms with Crippen LogP contribution in [0.3, 0.4) is 0 Å². The highest BCUT2D eigenvalue weighted by Gasteiger charge is 2.42. The molecule has 2 saturated carbocycles. The van der Waals surface area contributed by atoms with Gasteiger partial charge in [-0.15, -0.1) is 0 Å². The molecule has 4 unspecified atom stereocenters. The van der Waals surface area contributed by atoms with Crippen LogP contribution in [0.15, 0.2) is 17.3 Å². The van der Waals surface area contributed by atoms with E-state index in [2.05, 4.69) is 10.3 Å². The van der Waals surface area contributed by atoms with E-state index in [4.69, 9.17) is 11.6 Å². The molecule has 2 aliphatic carbocycles. The number of carbonyl (C=O) groups excluding carboxylic acids is 1. The molecule has 25 heavy (non-hydrogen) atoms. The van der Waals surface area contributed by atoms with Crippen LogP contribution >= 0.6 is 23.4 Å². The number of pyridine rings is 1. The Bertz CT molecular complexity index is 655. The summed E-state index contributed by atoms with van der Waals surface area (Å²) in [6.45, 7) is 2.04. The van der Waals surface area contributed by atoms with Crippen molar-refractivity contribution in [2.24, 2.45) is 17.8 Å². The number of rotatable bonds is 5. The molecular weight excluding hydrogens is 373 g/mol. The number of carbonyl (C=O) groups is 1. The topological polar surface area (TPSA) is 42.0 Å². The van der Waals surface area contributed by atoms with Crippen LogP contribution < -0.4 is 5.32 Å². The zero-order valence-electron chi connectivity index (χ0n) is 13.8. The van der Waals surface area contributed by atoms with Gasteiger partial charge in [-0.1, -0.05) is 29.8 Å². The van der Waals surface area contributed by atoms with Crippen molar-refractivity contribution >= 4 is 29.3 Å². The van der Waals surface area contributed by atoms with Crippen LogP contribution in [-0.2, 0) is 11.0 Å². The zero-order chi connectivity index (χ0) is 18.2. The number of hydrogen-bond donors (Lipinski definition) is 1. The largest absolute Gasteiger partial charge is 0.417 e. The second-order valence-electron chi connectivity index (χ2n) is 6.99. The molecule has 2 fully saturated rings. The number of hydrogen-bond acceptors (Lipinski definition) is 3. The SMILES string of the molecule is CC(NC(=O)CSc1ncc(C(F)(F)F)cc1Cl)C1CC2CCC1C2. The lowest BCUT2D eigenvalue weighted by molar-refractivity contribution is -0.137. The van der Waals surface area contributed by atoms with Gasteiger partial charge in [0.25, 0.3) is 0 Å². The second-order valence-corrected chi connectivity index (χ2v) is 8.36. The Morgan fingerprint density at radius 3 is 2.76 bits per heavy atom. The first kappa shape index (κ1) is 18.8. The van der Waals surface area contributed by atoms with Crippen LogP contribution in [0.25, 0.3) is 0 Å². The third-order valence-corrected chi connectivity index (χ3v) is 6.70. The molecule has 2 aliphatic rings. The van der Waals surface area contributed by atoms with Crippen molar-refractivity contribution in [2.45, 2.75) is 49.9 Å². The van der Waals surface area contributed by atoms with E-state index in [0.29, 0.717) is 5.92 Å². The first-order valence-electron chi connectivity index (χ1n) is 8.39. The monoisotopic (exact) mass is 392 g/mol. The number of aromatic nitrogens is 1. The van der Waals surface area contributed by atoms with Crippen LogP contribution in [0.5, 0.6) is 0 Å². The number of alkyl halides is 3. The minimum atomic E-state index is -4.48.